The Morgan fingerprint density at radius 1 is 1.13 bits per heavy atom. The minimum atomic E-state index is -4.59. The molecule has 0 spiro atoms. The smallest absolute Gasteiger partial charge is 0.376 e. The maximum Gasteiger partial charge on any atom is 0.416 e. The van der Waals surface area contributed by atoms with Crippen LogP contribution in [-0.2, 0) is 31.8 Å². The van der Waals surface area contributed by atoms with E-state index in [4.69, 9.17) is 8.92 Å². The summed E-state index contributed by atoms with van der Waals surface area (Å²) in [5.41, 5.74) is -1.05. The predicted molar refractivity (Wildman–Crippen MR) is 132 cm³/mol. The zero-order valence-electron chi connectivity index (χ0n) is 20.3. The maximum atomic E-state index is 13.1. The van der Waals surface area contributed by atoms with E-state index in [0.29, 0.717) is 17.9 Å². The molecule has 1 aliphatic heterocycles. The number of alkyl halides is 3. The van der Waals surface area contributed by atoms with E-state index in [0.717, 1.165) is 29.5 Å². The Bertz CT molecular complexity index is 1480. The Morgan fingerprint density at radius 2 is 1.87 bits per heavy atom. The number of hydrogen-bond acceptors (Lipinski definition) is 6. The molecule has 4 rings (SSSR count). The van der Waals surface area contributed by atoms with Crippen LogP contribution < -0.4 is 10.9 Å². The fourth-order valence-corrected chi connectivity index (χ4v) is 4.94. The van der Waals surface area contributed by atoms with Crippen LogP contribution in [-0.4, -0.2) is 38.2 Å². The number of carbonyl (C=O) groups excluding carboxylic acids is 1. The quantitative estimate of drug-likeness (QED) is 0.426. The van der Waals surface area contributed by atoms with E-state index < -0.39 is 33.3 Å². The number of halogens is 3. The molecule has 0 saturated carbocycles. The molecule has 38 heavy (non-hydrogen) atoms. The second-order valence-electron chi connectivity index (χ2n) is 8.78. The van der Waals surface area contributed by atoms with Gasteiger partial charge in [-0.15, -0.1) is 0 Å². The average molecular weight is 551 g/mol. The molecule has 1 N–H and O–H groups in total. The lowest BCUT2D eigenvalue weighted by Gasteiger charge is -2.14. The van der Waals surface area contributed by atoms with Crippen LogP contribution in [0, 0.1) is 6.92 Å². The molecule has 12 heteroatoms. The monoisotopic (exact) mass is 550 g/mol. The van der Waals surface area contributed by atoms with E-state index in [2.05, 4.69) is 5.32 Å². The van der Waals surface area contributed by atoms with Crippen molar-refractivity contribution >= 4 is 16.0 Å². The van der Waals surface area contributed by atoms with Gasteiger partial charge in [-0.2, -0.15) is 21.6 Å². The summed E-state index contributed by atoms with van der Waals surface area (Å²) >= 11 is 0. The van der Waals surface area contributed by atoms with Crippen molar-refractivity contribution in [2.75, 3.05) is 13.2 Å². The lowest BCUT2D eigenvalue weighted by molar-refractivity contribution is -0.137. The molecule has 2 heterocycles. The Labute approximate surface area is 217 Å². The normalized spacial score (nSPS) is 15.9. The minimum Gasteiger partial charge on any atom is -0.376 e. The molecular weight excluding hydrogens is 525 g/mol. The van der Waals surface area contributed by atoms with Gasteiger partial charge in [-0.3, -0.25) is 18.3 Å². The molecule has 1 atom stereocenters. The summed E-state index contributed by atoms with van der Waals surface area (Å²) in [5, 5.41) is 2.58. The highest BCUT2D eigenvalue weighted by Crippen LogP contribution is 2.30. The van der Waals surface area contributed by atoms with Crippen LogP contribution in [0.1, 0.15) is 40.0 Å². The second-order valence-corrected chi connectivity index (χ2v) is 10.4. The van der Waals surface area contributed by atoms with Crippen molar-refractivity contribution in [3.8, 4) is 5.69 Å². The number of aromatic nitrogens is 1. The summed E-state index contributed by atoms with van der Waals surface area (Å²) in [4.78, 5) is 25.8. The summed E-state index contributed by atoms with van der Waals surface area (Å²) < 4.78 is 75.7. The number of benzene rings is 2. The number of hydrogen-bond donors (Lipinski definition) is 1. The Balaban J connectivity index is 1.45. The van der Waals surface area contributed by atoms with Gasteiger partial charge in [0, 0.05) is 24.5 Å². The molecule has 1 amide bonds. The third kappa shape index (κ3) is 6.32. The zero-order valence-corrected chi connectivity index (χ0v) is 21.1. The molecule has 3 aromatic rings. The first kappa shape index (κ1) is 27.6. The molecule has 1 aromatic heterocycles. The van der Waals surface area contributed by atoms with Gasteiger partial charge in [-0.1, -0.05) is 18.2 Å². The minimum absolute atomic E-state index is 0.0181. The van der Waals surface area contributed by atoms with Crippen LogP contribution in [0.15, 0.2) is 70.4 Å². The van der Waals surface area contributed by atoms with Crippen molar-refractivity contribution in [1.29, 1.82) is 0 Å². The van der Waals surface area contributed by atoms with Gasteiger partial charge >= 0.3 is 6.18 Å². The number of amides is 1. The van der Waals surface area contributed by atoms with Crippen molar-refractivity contribution in [2.45, 2.75) is 43.5 Å². The Morgan fingerprint density at radius 3 is 2.53 bits per heavy atom. The molecule has 2 aromatic carbocycles. The number of pyridine rings is 1. The van der Waals surface area contributed by atoms with Crippen molar-refractivity contribution < 1.29 is 35.3 Å². The summed E-state index contributed by atoms with van der Waals surface area (Å²) in [6, 6.07) is 12.7. The number of aryl methyl sites for hydroxylation is 1. The highest BCUT2D eigenvalue weighted by atomic mass is 32.2. The molecular formula is C26H25F3N2O6S. The second kappa shape index (κ2) is 11.1. The van der Waals surface area contributed by atoms with Crippen LogP contribution in [0.4, 0.5) is 13.2 Å². The third-order valence-electron chi connectivity index (χ3n) is 6.05. The lowest BCUT2D eigenvalue weighted by atomic mass is 10.1. The molecule has 1 fully saturated rings. The van der Waals surface area contributed by atoms with E-state index in [9.17, 15) is 31.2 Å². The molecule has 8 nitrogen and oxygen atoms in total. The van der Waals surface area contributed by atoms with Crippen molar-refractivity contribution in [2.24, 2.45) is 0 Å². The maximum absolute atomic E-state index is 13.1. The Hall–Kier alpha value is -3.48. The fourth-order valence-electron chi connectivity index (χ4n) is 4.01. The van der Waals surface area contributed by atoms with E-state index >= 15 is 0 Å². The van der Waals surface area contributed by atoms with Gasteiger partial charge in [-0.25, -0.2) is 0 Å². The average Bonchev–Trinajstić information content (AvgIpc) is 3.40. The van der Waals surface area contributed by atoms with Crippen LogP contribution in [0.2, 0.25) is 0 Å². The molecule has 0 aliphatic carbocycles. The SMILES string of the molecule is Cc1ccc(C(=O)NCc2ccc(S(=O)(=O)OCC3CCCO3)cc2)c(=O)n1-c1cccc(C(F)(F)F)c1. The third-order valence-corrected chi connectivity index (χ3v) is 7.35. The van der Waals surface area contributed by atoms with E-state index in [1.165, 1.54) is 48.5 Å². The highest BCUT2D eigenvalue weighted by Gasteiger charge is 2.31. The molecule has 0 bridgehead atoms. The standard InChI is InChI=1S/C26H25F3N2O6S/c1-17-7-12-23(25(33)31(17)20-5-2-4-19(14-20)26(27,28)29)24(32)30-15-18-8-10-22(11-9-18)38(34,35)37-16-21-6-3-13-36-21/h2,4-5,7-12,14,21H,3,6,13,15-16H2,1H3,(H,30,32). The van der Waals surface area contributed by atoms with E-state index in [1.807, 2.05) is 0 Å². The first-order chi connectivity index (χ1) is 18.0. The zero-order chi connectivity index (χ0) is 27.5. The van der Waals surface area contributed by atoms with Gasteiger partial charge in [0.25, 0.3) is 21.6 Å². The van der Waals surface area contributed by atoms with Crippen LogP contribution in [0.25, 0.3) is 5.69 Å². The van der Waals surface area contributed by atoms with Crippen LogP contribution in [0.3, 0.4) is 0 Å². The van der Waals surface area contributed by atoms with Gasteiger partial charge in [0.2, 0.25) is 0 Å². The van der Waals surface area contributed by atoms with Gasteiger partial charge in [-0.05, 0) is 67.8 Å². The topological polar surface area (TPSA) is 104 Å². The van der Waals surface area contributed by atoms with Crippen molar-refractivity contribution in [3.05, 3.63) is 93.4 Å². The summed E-state index contributed by atoms with van der Waals surface area (Å²) in [5.74, 6) is -0.729. The largest absolute Gasteiger partial charge is 0.416 e. The number of nitrogens with zero attached hydrogens (tertiary/aromatic N) is 1. The first-order valence-corrected chi connectivity index (χ1v) is 13.1. The molecule has 1 aliphatic rings. The van der Waals surface area contributed by atoms with Crippen LogP contribution >= 0.6 is 0 Å². The van der Waals surface area contributed by atoms with Gasteiger partial charge in [0.05, 0.1) is 23.2 Å². The van der Waals surface area contributed by atoms with Gasteiger partial charge in [0.15, 0.2) is 0 Å². The molecule has 202 valence electrons. The molecule has 0 radical (unpaired) electrons. The van der Waals surface area contributed by atoms with Crippen LogP contribution in [0.5, 0.6) is 0 Å². The first-order valence-electron chi connectivity index (χ1n) is 11.7. The number of rotatable bonds is 8. The van der Waals surface area contributed by atoms with E-state index in [-0.39, 0.29) is 35.4 Å². The number of ether oxygens (including phenoxy) is 1. The summed E-state index contributed by atoms with van der Waals surface area (Å²) in [6.07, 6.45) is -3.25. The molecule has 1 unspecified atom stereocenters. The molecule has 1 saturated heterocycles. The highest BCUT2D eigenvalue weighted by molar-refractivity contribution is 7.86. The van der Waals surface area contributed by atoms with Gasteiger partial charge in [0.1, 0.15) is 5.56 Å². The van der Waals surface area contributed by atoms with Crippen molar-refractivity contribution in [1.82, 2.24) is 9.88 Å². The predicted octanol–water partition coefficient (Wildman–Crippen LogP) is 3.98. The van der Waals surface area contributed by atoms with Gasteiger partial charge < -0.3 is 10.1 Å². The number of nitrogens with one attached hydrogen (secondary N) is 1. The lowest BCUT2D eigenvalue weighted by Crippen LogP contribution is -2.33. The van der Waals surface area contributed by atoms with E-state index in [1.54, 1.807) is 6.92 Å². The summed E-state index contributed by atoms with van der Waals surface area (Å²) in [6.45, 7) is 2.04. The fraction of sp³-hybridized carbons (Fsp3) is 0.308. The number of carbonyl (C=O) groups is 1. The summed E-state index contributed by atoms with van der Waals surface area (Å²) in [7, 11) is -3.97. The Kier molecular flexibility index (Phi) is 8.05. The van der Waals surface area contributed by atoms with Crippen molar-refractivity contribution in [3.63, 3.8) is 0 Å².